The maximum absolute atomic E-state index is 9.47. The fourth-order valence-corrected chi connectivity index (χ4v) is 2.40. The van der Waals surface area contributed by atoms with Crippen molar-refractivity contribution in [1.82, 2.24) is 15.0 Å². The summed E-state index contributed by atoms with van der Waals surface area (Å²) in [4.78, 5) is 6.45. The molecule has 6 heteroatoms. The molecule has 0 radical (unpaired) electrons. The van der Waals surface area contributed by atoms with Gasteiger partial charge >= 0.3 is 0 Å². The van der Waals surface area contributed by atoms with Gasteiger partial charge in [-0.15, -0.1) is 0 Å². The topological polar surface area (TPSA) is 62.4 Å². The Morgan fingerprint density at radius 2 is 2.37 bits per heavy atom. The minimum Gasteiger partial charge on any atom is -0.392 e. The van der Waals surface area contributed by atoms with Crippen LogP contribution in [0.5, 0.6) is 0 Å². The van der Waals surface area contributed by atoms with Crippen molar-refractivity contribution in [1.29, 1.82) is 0 Å². The van der Waals surface area contributed by atoms with Crippen LogP contribution in [-0.2, 0) is 6.54 Å². The Hall–Kier alpha value is -1.43. The van der Waals surface area contributed by atoms with Crippen LogP contribution in [0.4, 0.5) is 0 Å². The van der Waals surface area contributed by atoms with Gasteiger partial charge in [-0.2, -0.15) is 4.98 Å². The highest BCUT2D eigenvalue weighted by atomic mass is 35.5. The molecule has 0 amide bonds. The predicted octanol–water partition coefficient (Wildman–Crippen LogP) is 1.96. The number of rotatable bonds is 3. The molecule has 1 aliphatic rings. The molecule has 1 saturated heterocycles. The van der Waals surface area contributed by atoms with Crippen molar-refractivity contribution in [2.45, 2.75) is 19.1 Å². The molecule has 1 aromatic heterocycles. The van der Waals surface area contributed by atoms with Gasteiger partial charge in [0.15, 0.2) is 0 Å². The molecule has 3 rings (SSSR count). The van der Waals surface area contributed by atoms with Crippen LogP contribution in [0, 0.1) is 0 Å². The molecule has 1 atom stereocenters. The van der Waals surface area contributed by atoms with Gasteiger partial charge in [-0.1, -0.05) is 28.9 Å². The van der Waals surface area contributed by atoms with Gasteiger partial charge in [0, 0.05) is 23.7 Å². The number of aliphatic hydroxyl groups excluding tert-OH is 1. The largest absolute Gasteiger partial charge is 0.392 e. The highest BCUT2D eigenvalue weighted by molar-refractivity contribution is 6.30. The molecule has 0 aliphatic carbocycles. The van der Waals surface area contributed by atoms with Crippen molar-refractivity contribution in [3.63, 3.8) is 0 Å². The number of halogens is 1. The normalized spacial score (nSPS) is 20.0. The summed E-state index contributed by atoms with van der Waals surface area (Å²) in [6, 6.07) is 7.35. The van der Waals surface area contributed by atoms with Gasteiger partial charge in [-0.25, -0.2) is 0 Å². The van der Waals surface area contributed by atoms with Gasteiger partial charge in [-0.05, 0) is 18.6 Å². The third-order valence-corrected chi connectivity index (χ3v) is 3.39. The average Bonchev–Trinajstić information content (AvgIpc) is 2.99. The first kappa shape index (κ1) is 12.6. The molecule has 19 heavy (non-hydrogen) atoms. The van der Waals surface area contributed by atoms with Crippen LogP contribution in [0.15, 0.2) is 28.8 Å². The van der Waals surface area contributed by atoms with Crippen LogP contribution >= 0.6 is 11.6 Å². The van der Waals surface area contributed by atoms with Gasteiger partial charge in [0.2, 0.25) is 11.7 Å². The smallest absolute Gasteiger partial charge is 0.241 e. The molecule has 2 aromatic rings. The van der Waals surface area contributed by atoms with Crippen molar-refractivity contribution in [2.24, 2.45) is 0 Å². The van der Waals surface area contributed by atoms with E-state index < -0.39 is 0 Å². The maximum atomic E-state index is 9.47. The average molecular weight is 280 g/mol. The van der Waals surface area contributed by atoms with E-state index in [1.807, 2.05) is 12.1 Å². The third kappa shape index (κ3) is 2.94. The summed E-state index contributed by atoms with van der Waals surface area (Å²) < 4.78 is 5.23. The lowest BCUT2D eigenvalue weighted by Gasteiger charge is -2.10. The van der Waals surface area contributed by atoms with Crippen LogP contribution in [0.2, 0.25) is 5.02 Å². The monoisotopic (exact) mass is 279 g/mol. The summed E-state index contributed by atoms with van der Waals surface area (Å²) in [7, 11) is 0. The second kappa shape index (κ2) is 5.28. The van der Waals surface area contributed by atoms with Crippen molar-refractivity contribution in [2.75, 3.05) is 13.1 Å². The Morgan fingerprint density at radius 3 is 3.11 bits per heavy atom. The van der Waals surface area contributed by atoms with Crippen LogP contribution < -0.4 is 0 Å². The molecule has 0 spiro atoms. The van der Waals surface area contributed by atoms with E-state index in [9.17, 15) is 5.11 Å². The van der Waals surface area contributed by atoms with Crippen molar-refractivity contribution in [3.05, 3.63) is 35.2 Å². The Labute approximate surface area is 115 Å². The molecule has 100 valence electrons. The second-order valence-electron chi connectivity index (χ2n) is 4.70. The number of benzene rings is 1. The molecule has 1 aromatic carbocycles. The van der Waals surface area contributed by atoms with E-state index in [2.05, 4.69) is 15.0 Å². The molecule has 2 heterocycles. The summed E-state index contributed by atoms with van der Waals surface area (Å²) in [5.74, 6) is 1.10. The molecular weight excluding hydrogens is 266 g/mol. The summed E-state index contributed by atoms with van der Waals surface area (Å²) in [6.45, 7) is 2.09. The Kier molecular flexibility index (Phi) is 3.50. The number of β-amino-alcohol motifs (C(OH)–C–C–N with tert-alkyl or cyclic N) is 1. The van der Waals surface area contributed by atoms with Gasteiger partial charge in [0.05, 0.1) is 12.6 Å². The lowest BCUT2D eigenvalue weighted by atomic mass is 10.2. The summed E-state index contributed by atoms with van der Waals surface area (Å²) in [5, 5.41) is 14.1. The highest BCUT2D eigenvalue weighted by Crippen LogP contribution is 2.20. The first-order chi connectivity index (χ1) is 9.20. The zero-order chi connectivity index (χ0) is 13.2. The molecule has 1 N–H and O–H groups in total. The summed E-state index contributed by atoms with van der Waals surface area (Å²) in [6.07, 6.45) is 0.560. The standard InChI is InChI=1S/C13H14ClN3O2/c14-10-3-1-2-9(6-10)13-15-12(19-16-13)8-17-5-4-11(18)7-17/h1-3,6,11,18H,4-5,7-8H2/t11-/m0/s1. The van der Waals surface area contributed by atoms with Gasteiger partial charge < -0.3 is 9.63 Å². The molecule has 0 bridgehead atoms. The second-order valence-corrected chi connectivity index (χ2v) is 5.14. The Bertz CT molecular complexity index is 573. The fraction of sp³-hybridized carbons (Fsp3) is 0.385. The SMILES string of the molecule is O[C@H]1CCN(Cc2nc(-c3cccc(Cl)c3)no2)C1. The zero-order valence-corrected chi connectivity index (χ0v) is 11.0. The van der Waals surface area contributed by atoms with Crippen LogP contribution in [0.3, 0.4) is 0 Å². The number of hydrogen-bond acceptors (Lipinski definition) is 5. The first-order valence-corrected chi connectivity index (χ1v) is 6.57. The Morgan fingerprint density at radius 1 is 1.47 bits per heavy atom. The number of nitrogens with zero attached hydrogens (tertiary/aromatic N) is 3. The van der Waals surface area contributed by atoms with E-state index in [1.165, 1.54) is 0 Å². The highest BCUT2D eigenvalue weighted by Gasteiger charge is 2.22. The van der Waals surface area contributed by atoms with E-state index in [4.69, 9.17) is 16.1 Å². The predicted molar refractivity (Wildman–Crippen MR) is 70.6 cm³/mol. The number of aromatic nitrogens is 2. The van der Waals surface area contributed by atoms with Gasteiger partial charge in [0.1, 0.15) is 0 Å². The van der Waals surface area contributed by atoms with Crippen molar-refractivity contribution < 1.29 is 9.63 Å². The van der Waals surface area contributed by atoms with E-state index in [0.717, 1.165) is 18.5 Å². The minimum absolute atomic E-state index is 0.240. The number of likely N-dealkylation sites (tertiary alicyclic amines) is 1. The van der Waals surface area contributed by atoms with E-state index in [1.54, 1.807) is 12.1 Å². The van der Waals surface area contributed by atoms with Crippen molar-refractivity contribution in [3.8, 4) is 11.4 Å². The fourth-order valence-electron chi connectivity index (χ4n) is 2.21. The Balaban J connectivity index is 1.73. The molecular formula is C13H14ClN3O2. The third-order valence-electron chi connectivity index (χ3n) is 3.16. The van der Waals surface area contributed by atoms with E-state index >= 15 is 0 Å². The van der Waals surface area contributed by atoms with Crippen molar-refractivity contribution >= 4 is 11.6 Å². The van der Waals surface area contributed by atoms with E-state index in [0.29, 0.717) is 29.8 Å². The van der Waals surface area contributed by atoms with Crippen LogP contribution in [-0.4, -0.2) is 39.3 Å². The van der Waals surface area contributed by atoms with Crippen LogP contribution in [0.25, 0.3) is 11.4 Å². The molecule has 5 nitrogen and oxygen atoms in total. The van der Waals surface area contributed by atoms with Gasteiger partial charge in [-0.3, -0.25) is 4.90 Å². The molecule has 0 saturated carbocycles. The molecule has 0 unspecified atom stereocenters. The lowest BCUT2D eigenvalue weighted by Crippen LogP contribution is -2.21. The van der Waals surface area contributed by atoms with Crippen LogP contribution in [0.1, 0.15) is 12.3 Å². The molecule has 1 aliphatic heterocycles. The maximum Gasteiger partial charge on any atom is 0.241 e. The number of aliphatic hydroxyl groups is 1. The summed E-state index contributed by atoms with van der Waals surface area (Å²) >= 11 is 5.93. The first-order valence-electron chi connectivity index (χ1n) is 6.19. The number of hydrogen-bond donors (Lipinski definition) is 1. The molecule has 1 fully saturated rings. The van der Waals surface area contributed by atoms with E-state index in [-0.39, 0.29) is 6.10 Å². The quantitative estimate of drug-likeness (QED) is 0.930. The van der Waals surface area contributed by atoms with Gasteiger partial charge in [0.25, 0.3) is 0 Å². The zero-order valence-electron chi connectivity index (χ0n) is 10.3. The summed E-state index contributed by atoms with van der Waals surface area (Å²) in [5.41, 5.74) is 0.837. The minimum atomic E-state index is -0.240. The lowest BCUT2D eigenvalue weighted by molar-refractivity contribution is 0.169.